The van der Waals surface area contributed by atoms with Crippen molar-refractivity contribution in [3.63, 3.8) is 0 Å². The maximum atomic E-state index is 13.0. The van der Waals surface area contributed by atoms with Crippen molar-refractivity contribution in [2.24, 2.45) is 0 Å². The molecule has 2 N–H and O–H groups in total. The number of aromatic nitrogens is 2. The summed E-state index contributed by atoms with van der Waals surface area (Å²) in [4.78, 5) is 12.3. The van der Waals surface area contributed by atoms with Crippen LogP contribution in [0.15, 0.2) is 24.3 Å². The lowest BCUT2D eigenvalue weighted by Crippen LogP contribution is -2.35. The van der Waals surface area contributed by atoms with Crippen LogP contribution in [0.1, 0.15) is 40.2 Å². The van der Waals surface area contributed by atoms with E-state index in [0.717, 1.165) is 54.7 Å². The van der Waals surface area contributed by atoms with E-state index in [1.54, 1.807) is 12.1 Å². The van der Waals surface area contributed by atoms with Crippen LogP contribution in [0.4, 0.5) is 4.39 Å². The molecule has 1 aromatic heterocycles. The molecule has 4 rings (SSSR count). The van der Waals surface area contributed by atoms with Crippen molar-refractivity contribution in [3.05, 3.63) is 52.6 Å². The molecule has 0 saturated carbocycles. The van der Waals surface area contributed by atoms with Crippen LogP contribution in [0, 0.1) is 5.82 Å². The zero-order chi connectivity index (χ0) is 16.5. The third-order valence-electron chi connectivity index (χ3n) is 4.87. The minimum absolute atomic E-state index is 0.000402. The highest BCUT2D eigenvalue weighted by Crippen LogP contribution is 2.25. The molecule has 126 valence electrons. The molecule has 2 heterocycles. The van der Waals surface area contributed by atoms with Crippen LogP contribution >= 0.6 is 0 Å². The third-order valence-corrected chi connectivity index (χ3v) is 4.87. The summed E-state index contributed by atoms with van der Waals surface area (Å²) < 4.78 is 14.9. The lowest BCUT2D eigenvalue weighted by atomic mass is 9.91. The van der Waals surface area contributed by atoms with E-state index in [2.05, 4.69) is 15.7 Å². The van der Waals surface area contributed by atoms with Crippen molar-refractivity contribution in [1.82, 2.24) is 20.4 Å². The van der Waals surface area contributed by atoms with Gasteiger partial charge in [-0.2, -0.15) is 5.10 Å². The number of hydrogen-bond acceptors (Lipinski definition) is 3. The molecule has 1 aromatic carbocycles. The number of fused-ring (bicyclic) bond motifs is 3. The Morgan fingerprint density at radius 2 is 2.17 bits per heavy atom. The Labute approximate surface area is 140 Å². The number of rotatable bonds is 3. The van der Waals surface area contributed by atoms with Crippen LogP contribution in [-0.2, 0) is 25.9 Å². The van der Waals surface area contributed by atoms with E-state index in [4.69, 9.17) is 0 Å². The van der Waals surface area contributed by atoms with Crippen LogP contribution in [0.25, 0.3) is 0 Å². The van der Waals surface area contributed by atoms with Gasteiger partial charge in [0.25, 0.3) is 5.91 Å². The van der Waals surface area contributed by atoms with Gasteiger partial charge in [-0.3, -0.25) is 9.48 Å². The fourth-order valence-corrected chi connectivity index (χ4v) is 3.59. The molecule has 2 aliphatic rings. The first-order valence-electron chi connectivity index (χ1n) is 8.55. The summed E-state index contributed by atoms with van der Waals surface area (Å²) in [6.45, 7) is 2.22. The van der Waals surface area contributed by atoms with Crippen molar-refractivity contribution >= 4 is 5.91 Å². The van der Waals surface area contributed by atoms with Gasteiger partial charge in [0, 0.05) is 31.2 Å². The van der Waals surface area contributed by atoms with Crippen molar-refractivity contribution in [2.75, 3.05) is 6.54 Å². The molecule has 1 atom stereocenters. The van der Waals surface area contributed by atoms with Gasteiger partial charge in [-0.25, -0.2) is 4.39 Å². The maximum absolute atomic E-state index is 13.0. The van der Waals surface area contributed by atoms with Crippen LogP contribution in [0.2, 0.25) is 0 Å². The van der Waals surface area contributed by atoms with Crippen molar-refractivity contribution < 1.29 is 9.18 Å². The van der Waals surface area contributed by atoms with Gasteiger partial charge in [-0.1, -0.05) is 12.1 Å². The first-order valence-corrected chi connectivity index (χ1v) is 8.55. The summed E-state index contributed by atoms with van der Waals surface area (Å²) in [5, 5.41) is 11.1. The molecule has 0 bridgehead atoms. The van der Waals surface area contributed by atoms with E-state index in [-0.39, 0.29) is 11.7 Å². The Morgan fingerprint density at radius 1 is 1.33 bits per heavy atom. The van der Waals surface area contributed by atoms with E-state index in [1.165, 1.54) is 12.1 Å². The molecular formula is C18H21FN4O. The Balaban J connectivity index is 1.48. The lowest BCUT2D eigenvalue weighted by Gasteiger charge is -2.23. The summed E-state index contributed by atoms with van der Waals surface area (Å²) in [6, 6.07) is 6.88. The molecule has 1 aliphatic carbocycles. The second kappa shape index (κ2) is 6.36. The first kappa shape index (κ1) is 15.3. The fourth-order valence-electron chi connectivity index (χ4n) is 3.59. The highest BCUT2D eigenvalue weighted by Gasteiger charge is 2.29. The van der Waals surface area contributed by atoms with Crippen LogP contribution in [-0.4, -0.2) is 28.3 Å². The molecule has 24 heavy (non-hydrogen) atoms. The van der Waals surface area contributed by atoms with E-state index in [9.17, 15) is 9.18 Å². The van der Waals surface area contributed by atoms with E-state index in [1.807, 2.05) is 4.68 Å². The average Bonchev–Trinajstić information content (AvgIpc) is 2.85. The molecule has 2 aromatic rings. The molecule has 0 saturated heterocycles. The highest BCUT2D eigenvalue weighted by atomic mass is 19.1. The van der Waals surface area contributed by atoms with Gasteiger partial charge in [-0.15, -0.1) is 0 Å². The SMILES string of the molecule is O=C1NCCCn2nc3c(c21)CC(NCc1ccc(F)cc1)CC3. The van der Waals surface area contributed by atoms with Gasteiger partial charge < -0.3 is 10.6 Å². The number of nitrogens with zero attached hydrogens (tertiary/aromatic N) is 2. The second-order valence-electron chi connectivity index (χ2n) is 6.55. The summed E-state index contributed by atoms with van der Waals surface area (Å²) >= 11 is 0. The molecule has 6 heteroatoms. The molecule has 0 radical (unpaired) electrons. The molecule has 5 nitrogen and oxygen atoms in total. The predicted octanol–water partition coefficient (Wildman–Crippen LogP) is 1.80. The zero-order valence-corrected chi connectivity index (χ0v) is 13.5. The second-order valence-corrected chi connectivity index (χ2v) is 6.55. The average molecular weight is 328 g/mol. The van der Waals surface area contributed by atoms with Gasteiger partial charge in [-0.05, 0) is 43.4 Å². The monoisotopic (exact) mass is 328 g/mol. The minimum Gasteiger partial charge on any atom is -0.351 e. The topological polar surface area (TPSA) is 59.0 Å². The summed E-state index contributed by atoms with van der Waals surface area (Å²) in [5.74, 6) is -0.213. The standard InChI is InChI=1S/C18H21FN4O/c19-13-4-2-12(3-5-13)11-21-14-6-7-16-15(10-14)17-18(24)20-8-1-9-23(17)22-16/h2-5,14,21H,1,6-11H2,(H,20,24). The largest absolute Gasteiger partial charge is 0.351 e. The number of benzene rings is 1. The fraction of sp³-hybridized carbons (Fsp3) is 0.444. The number of carbonyl (C=O) groups excluding carboxylic acids is 1. The maximum Gasteiger partial charge on any atom is 0.269 e. The number of hydrogen-bond donors (Lipinski definition) is 2. The molecule has 0 spiro atoms. The third kappa shape index (κ3) is 2.94. The molecule has 1 aliphatic heterocycles. The van der Waals surface area contributed by atoms with Crippen LogP contribution in [0.3, 0.4) is 0 Å². The predicted molar refractivity (Wildman–Crippen MR) is 88.2 cm³/mol. The first-order chi connectivity index (χ1) is 11.7. The summed E-state index contributed by atoms with van der Waals surface area (Å²) in [5.41, 5.74) is 3.98. The number of amides is 1. The van der Waals surface area contributed by atoms with Gasteiger partial charge >= 0.3 is 0 Å². The quantitative estimate of drug-likeness (QED) is 0.903. The normalized spacial score (nSPS) is 20.0. The number of nitrogens with one attached hydrogen (secondary N) is 2. The molecular weight excluding hydrogens is 307 g/mol. The van der Waals surface area contributed by atoms with Crippen molar-refractivity contribution in [3.8, 4) is 0 Å². The van der Waals surface area contributed by atoms with Crippen molar-refractivity contribution in [1.29, 1.82) is 0 Å². The summed E-state index contributed by atoms with van der Waals surface area (Å²) in [6.07, 6.45) is 3.64. The summed E-state index contributed by atoms with van der Waals surface area (Å²) in [7, 11) is 0. The molecule has 0 fully saturated rings. The van der Waals surface area contributed by atoms with Crippen molar-refractivity contribution in [2.45, 2.75) is 44.8 Å². The van der Waals surface area contributed by atoms with Gasteiger partial charge in [0.15, 0.2) is 0 Å². The Morgan fingerprint density at radius 3 is 3.00 bits per heavy atom. The van der Waals surface area contributed by atoms with E-state index in [0.29, 0.717) is 19.1 Å². The number of halogens is 1. The van der Waals surface area contributed by atoms with E-state index >= 15 is 0 Å². The minimum atomic E-state index is -0.213. The molecule has 1 amide bonds. The smallest absolute Gasteiger partial charge is 0.269 e. The van der Waals surface area contributed by atoms with Crippen LogP contribution in [0.5, 0.6) is 0 Å². The Hall–Kier alpha value is -2.21. The van der Waals surface area contributed by atoms with E-state index < -0.39 is 0 Å². The van der Waals surface area contributed by atoms with Gasteiger partial charge in [0.2, 0.25) is 0 Å². The number of aryl methyl sites for hydroxylation is 2. The highest BCUT2D eigenvalue weighted by molar-refractivity contribution is 5.94. The zero-order valence-electron chi connectivity index (χ0n) is 13.5. The van der Waals surface area contributed by atoms with Crippen LogP contribution < -0.4 is 10.6 Å². The lowest BCUT2D eigenvalue weighted by molar-refractivity contribution is 0.0949. The number of carbonyl (C=O) groups is 1. The Kier molecular flexibility index (Phi) is 4.06. The Bertz CT molecular complexity index is 753. The van der Waals surface area contributed by atoms with Gasteiger partial charge in [0.1, 0.15) is 11.5 Å². The van der Waals surface area contributed by atoms with Gasteiger partial charge in [0.05, 0.1) is 5.69 Å². The molecule has 1 unspecified atom stereocenters.